The van der Waals surface area contributed by atoms with Gasteiger partial charge < -0.3 is 15.2 Å². The molecule has 0 unspecified atom stereocenters. The Morgan fingerprint density at radius 3 is 2.76 bits per heavy atom. The molecular formula is C13H12N4O4. The number of nitro groups is 1. The van der Waals surface area contributed by atoms with Crippen molar-refractivity contribution in [3.8, 4) is 17.2 Å². The van der Waals surface area contributed by atoms with Crippen LogP contribution < -0.4 is 15.2 Å². The smallest absolute Gasteiger partial charge is 0.315 e. The number of rotatable bonds is 5. The van der Waals surface area contributed by atoms with E-state index in [9.17, 15) is 10.1 Å². The average molecular weight is 288 g/mol. The van der Waals surface area contributed by atoms with E-state index >= 15 is 0 Å². The Labute approximate surface area is 119 Å². The van der Waals surface area contributed by atoms with E-state index in [2.05, 4.69) is 4.98 Å². The Morgan fingerprint density at radius 1 is 1.38 bits per heavy atom. The van der Waals surface area contributed by atoms with Gasteiger partial charge in [-0.15, -0.1) is 0 Å². The Morgan fingerprint density at radius 2 is 2.14 bits per heavy atom. The maximum Gasteiger partial charge on any atom is 0.315 e. The molecule has 1 heterocycles. The second kappa shape index (κ2) is 5.87. The predicted molar refractivity (Wildman–Crippen MR) is 75.0 cm³/mol. The van der Waals surface area contributed by atoms with Crippen molar-refractivity contribution in [2.75, 3.05) is 7.11 Å². The highest BCUT2D eigenvalue weighted by Crippen LogP contribution is 2.35. The highest BCUT2D eigenvalue weighted by Gasteiger charge is 2.19. The number of methoxy groups -OCH3 is 1. The van der Waals surface area contributed by atoms with E-state index in [1.165, 1.54) is 43.8 Å². The molecule has 0 aliphatic rings. The first-order valence-corrected chi connectivity index (χ1v) is 5.81. The van der Waals surface area contributed by atoms with Gasteiger partial charge >= 0.3 is 5.69 Å². The maximum absolute atomic E-state index is 11.1. The van der Waals surface area contributed by atoms with E-state index in [1.807, 2.05) is 0 Å². The Balaban J connectivity index is 2.45. The summed E-state index contributed by atoms with van der Waals surface area (Å²) in [6.07, 6.45) is 2.79. The van der Waals surface area contributed by atoms with Crippen LogP contribution in [0, 0.1) is 15.5 Å². The van der Waals surface area contributed by atoms with Crippen molar-refractivity contribution in [2.24, 2.45) is 5.73 Å². The van der Waals surface area contributed by atoms with Gasteiger partial charge in [0.15, 0.2) is 5.75 Å². The molecule has 1 aromatic carbocycles. The van der Waals surface area contributed by atoms with Crippen molar-refractivity contribution in [2.45, 2.75) is 0 Å². The summed E-state index contributed by atoms with van der Waals surface area (Å²) in [5.74, 6) is 0.296. The van der Waals surface area contributed by atoms with E-state index in [1.54, 1.807) is 0 Å². The number of amidine groups is 1. The lowest BCUT2D eigenvalue weighted by molar-refractivity contribution is -0.385. The number of nitro benzene ring substituents is 1. The summed E-state index contributed by atoms with van der Waals surface area (Å²) in [4.78, 5) is 14.4. The summed E-state index contributed by atoms with van der Waals surface area (Å²) >= 11 is 0. The van der Waals surface area contributed by atoms with Crippen molar-refractivity contribution in [3.63, 3.8) is 0 Å². The third kappa shape index (κ3) is 3.06. The first-order valence-electron chi connectivity index (χ1n) is 5.81. The Bertz CT molecular complexity index is 702. The third-order valence-corrected chi connectivity index (χ3v) is 2.66. The number of aromatic nitrogens is 1. The van der Waals surface area contributed by atoms with Gasteiger partial charge in [-0.3, -0.25) is 20.5 Å². The van der Waals surface area contributed by atoms with Crippen LogP contribution in [0.25, 0.3) is 0 Å². The first-order chi connectivity index (χ1) is 10.0. The lowest BCUT2D eigenvalue weighted by Crippen LogP contribution is -2.12. The fourth-order valence-electron chi connectivity index (χ4n) is 1.66. The van der Waals surface area contributed by atoms with Crippen LogP contribution in [0.4, 0.5) is 5.69 Å². The molecule has 21 heavy (non-hydrogen) atoms. The van der Waals surface area contributed by atoms with Gasteiger partial charge in [-0.1, -0.05) is 0 Å². The minimum absolute atomic E-state index is 0.0105. The number of nitrogens with one attached hydrogen (secondary N) is 1. The molecule has 0 spiro atoms. The molecule has 8 heteroatoms. The minimum Gasteiger partial charge on any atom is -0.496 e. The van der Waals surface area contributed by atoms with E-state index < -0.39 is 4.92 Å². The molecule has 108 valence electrons. The number of nitrogens with two attached hydrogens (primary N) is 1. The number of nitrogens with zero attached hydrogens (tertiary/aromatic N) is 2. The van der Waals surface area contributed by atoms with E-state index in [0.29, 0.717) is 11.3 Å². The normalized spacial score (nSPS) is 9.95. The zero-order valence-corrected chi connectivity index (χ0v) is 11.1. The molecule has 1 aromatic heterocycles. The fraction of sp³-hybridized carbons (Fsp3) is 0.0769. The van der Waals surface area contributed by atoms with Gasteiger partial charge in [0.2, 0.25) is 5.75 Å². The molecule has 0 atom stereocenters. The number of pyridine rings is 1. The van der Waals surface area contributed by atoms with Crippen molar-refractivity contribution in [1.29, 1.82) is 5.41 Å². The van der Waals surface area contributed by atoms with E-state index in [-0.39, 0.29) is 23.0 Å². The SMILES string of the molecule is COc1ccc(Oc2cnccc2C(=N)N)c([N+](=O)[O-])c1. The zero-order chi connectivity index (χ0) is 15.4. The Kier molecular flexibility index (Phi) is 3.98. The van der Waals surface area contributed by atoms with Crippen LogP contribution in [0.2, 0.25) is 0 Å². The monoisotopic (exact) mass is 288 g/mol. The second-order valence-electron chi connectivity index (χ2n) is 3.98. The molecular weight excluding hydrogens is 276 g/mol. The lowest BCUT2D eigenvalue weighted by atomic mass is 10.2. The molecule has 2 rings (SSSR count). The van der Waals surface area contributed by atoms with Crippen LogP contribution in [0.15, 0.2) is 36.7 Å². The molecule has 0 amide bonds. The zero-order valence-electron chi connectivity index (χ0n) is 11.1. The molecule has 0 radical (unpaired) electrons. The number of nitrogen functional groups attached to an aromatic ring is 1. The second-order valence-corrected chi connectivity index (χ2v) is 3.98. The standard InChI is InChI=1S/C13H12N4O4/c1-20-8-2-3-11(10(6-8)17(18)19)21-12-7-16-5-4-9(12)13(14)15/h2-7H,1H3,(H3,14,15). The topological polar surface area (TPSA) is 124 Å². The highest BCUT2D eigenvalue weighted by atomic mass is 16.6. The van der Waals surface area contributed by atoms with Crippen molar-refractivity contribution in [3.05, 3.63) is 52.3 Å². The first kappa shape index (κ1) is 14.3. The van der Waals surface area contributed by atoms with Crippen LogP contribution in [0.5, 0.6) is 17.2 Å². The summed E-state index contributed by atoms with van der Waals surface area (Å²) in [7, 11) is 1.41. The van der Waals surface area contributed by atoms with Gasteiger partial charge in [0.05, 0.1) is 29.9 Å². The van der Waals surface area contributed by atoms with Crippen molar-refractivity contribution < 1.29 is 14.4 Å². The highest BCUT2D eigenvalue weighted by molar-refractivity contribution is 5.97. The van der Waals surface area contributed by atoms with E-state index in [0.717, 1.165) is 0 Å². The molecule has 2 aromatic rings. The van der Waals surface area contributed by atoms with Crippen molar-refractivity contribution >= 4 is 11.5 Å². The fourth-order valence-corrected chi connectivity index (χ4v) is 1.66. The van der Waals surface area contributed by atoms with Gasteiger partial charge in [0.25, 0.3) is 0 Å². The molecule has 0 saturated carbocycles. The molecule has 0 aliphatic carbocycles. The number of hydrogen-bond donors (Lipinski definition) is 2. The van der Waals surface area contributed by atoms with Gasteiger partial charge in [-0.2, -0.15) is 0 Å². The predicted octanol–water partition coefficient (Wildman–Crippen LogP) is 2.07. The summed E-state index contributed by atoms with van der Waals surface area (Å²) in [5, 5.41) is 18.5. The number of benzene rings is 1. The van der Waals surface area contributed by atoms with Gasteiger partial charge in [0, 0.05) is 6.20 Å². The summed E-state index contributed by atoms with van der Waals surface area (Å²) in [6.45, 7) is 0. The van der Waals surface area contributed by atoms with Crippen LogP contribution >= 0.6 is 0 Å². The maximum atomic E-state index is 11.1. The quantitative estimate of drug-likeness (QED) is 0.375. The van der Waals surface area contributed by atoms with Crippen LogP contribution in [-0.2, 0) is 0 Å². The molecule has 0 saturated heterocycles. The summed E-state index contributed by atoms with van der Waals surface area (Å²) < 4.78 is 10.4. The van der Waals surface area contributed by atoms with Gasteiger partial charge in [-0.05, 0) is 18.2 Å². The summed E-state index contributed by atoms with van der Waals surface area (Å²) in [6, 6.07) is 5.69. The minimum atomic E-state index is -0.582. The van der Waals surface area contributed by atoms with Crippen molar-refractivity contribution in [1.82, 2.24) is 4.98 Å². The number of ether oxygens (including phenoxy) is 2. The van der Waals surface area contributed by atoms with Crippen LogP contribution in [0.1, 0.15) is 5.56 Å². The lowest BCUT2D eigenvalue weighted by Gasteiger charge is -2.10. The largest absolute Gasteiger partial charge is 0.496 e. The molecule has 3 N–H and O–H groups in total. The van der Waals surface area contributed by atoms with Gasteiger partial charge in [0.1, 0.15) is 11.6 Å². The Hall–Kier alpha value is -3.16. The van der Waals surface area contributed by atoms with Gasteiger partial charge in [-0.25, -0.2) is 0 Å². The van der Waals surface area contributed by atoms with Crippen LogP contribution in [-0.4, -0.2) is 22.9 Å². The molecule has 0 bridgehead atoms. The molecule has 0 fully saturated rings. The van der Waals surface area contributed by atoms with E-state index in [4.69, 9.17) is 20.6 Å². The molecule has 8 nitrogen and oxygen atoms in total. The van der Waals surface area contributed by atoms with Crippen LogP contribution in [0.3, 0.4) is 0 Å². The average Bonchev–Trinajstić information content (AvgIpc) is 2.47. The molecule has 0 aliphatic heterocycles. The summed E-state index contributed by atoms with van der Waals surface area (Å²) in [5.41, 5.74) is 5.48. The number of hydrogen-bond acceptors (Lipinski definition) is 6. The third-order valence-electron chi connectivity index (χ3n) is 2.66.